The zero-order valence-electron chi connectivity index (χ0n) is 12.2. The molecule has 0 saturated carbocycles. The van der Waals surface area contributed by atoms with Gasteiger partial charge < -0.3 is 14.2 Å². The maximum atomic E-state index is 5.96. The number of ether oxygens (including phenoxy) is 3. The van der Waals surface area contributed by atoms with Crippen molar-refractivity contribution in [3.05, 3.63) is 48.0 Å². The second kappa shape index (κ2) is 6.31. The number of benzene rings is 2. The van der Waals surface area contributed by atoms with Crippen molar-refractivity contribution in [2.24, 2.45) is 0 Å². The molecule has 1 heterocycles. The lowest BCUT2D eigenvalue weighted by Gasteiger charge is -2.14. The minimum atomic E-state index is 0.434. The third kappa shape index (κ3) is 3.10. The zero-order chi connectivity index (χ0) is 14.7. The smallest absolute Gasteiger partial charge is 0.126 e. The van der Waals surface area contributed by atoms with Gasteiger partial charge in [-0.05, 0) is 11.6 Å². The molecule has 0 amide bonds. The molecule has 1 unspecified atom stereocenters. The number of fused-ring (bicyclic) bond motifs is 1. The largest absolute Gasteiger partial charge is 0.496 e. The van der Waals surface area contributed by atoms with Gasteiger partial charge in [0.05, 0.1) is 20.8 Å². The minimum Gasteiger partial charge on any atom is -0.496 e. The average molecular weight is 302 g/mol. The summed E-state index contributed by atoms with van der Waals surface area (Å²) in [5, 5.41) is 0. The molecule has 3 rings (SSSR count). The number of thioether (sulfide) groups is 1. The summed E-state index contributed by atoms with van der Waals surface area (Å²) in [6.07, 6.45) is 0. The Balaban J connectivity index is 1.71. The van der Waals surface area contributed by atoms with Crippen molar-refractivity contribution < 1.29 is 14.2 Å². The Bertz CT molecular complexity index is 605. The Morgan fingerprint density at radius 3 is 2.38 bits per heavy atom. The molecule has 110 valence electrons. The van der Waals surface area contributed by atoms with Gasteiger partial charge in [-0.2, -0.15) is 0 Å². The Labute approximate surface area is 129 Å². The van der Waals surface area contributed by atoms with Gasteiger partial charge in [0.25, 0.3) is 0 Å². The van der Waals surface area contributed by atoms with Crippen molar-refractivity contribution in [2.45, 2.75) is 10.8 Å². The van der Waals surface area contributed by atoms with E-state index in [-0.39, 0.29) is 0 Å². The Morgan fingerprint density at radius 2 is 1.67 bits per heavy atom. The monoisotopic (exact) mass is 302 g/mol. The molecule has 4 heteroatoms. The van der Waals surface area contributed by atoms with Crippen LogP contribution < -0.4 is 14.2 Å². The van der Waals surface area contributed by atoms with E-state index in [4.69, 9.17) is 14.2 Å². The summed E-state index contributed by atoms with van der Waals surface area (Å²) in [5.74, 6) is 3.76. The molecular formula is C17H18O3S. The van der Waals surface area contributed by atoms with Gasteiger partial charge in [-0.15, -0.1) is 11.8 Å². The van der Waals surface area contributed by atoms with Crippen LogP contribution in [-0.2, 0) is 0 Å². The molecule has 3 nitrogen and oxygen atoms in total. The van der Waals surface area contributed by atoms with Crippen molar-refractivity contribution in [3.63, 3.8) is 0 Å². The van der Waals surface area contributed by atoms with Crippen LogP contribution in [0.1, 0.15) is 11.5 Å². The van der Waals surface area contributed by atoms with Gasteiger partial charge in [0.2, 0.25) is 0 Å². The number of hydrogen-bond acceptors (Lipinski definition) is 4. The molecule has 0 N–H and O–H groups in total. The van der Waals surface area contributed by atoms with Crippen molar-refractivity contribution >= 4 is 11.8 Å². The fraction of sp³-hybridized carbons (Fsp3) is 0.294. The average Bonchev–Trinajstić information content (AvgIpc) is 2.95. The van der Waals surface area contributed by atoms with E-state index in [1.807, 2.05) is 30.0 Å². The van der Waals surface area contributed by atoms with Crippen LogP contribution in [0.2, 0.25) is 0 Å². The summed E-state index contributed by atoms with van der Waals surface area (Å²) in [6, 6.07) is 14.2. The predicted molar refractivity (Wildman–Crippen MR) is 84.9 cm³/mol. The standard InChI is InChI=1S/C17H18O3S/c1-18-13-7-14(19-2)9-15(8-13)20-10-12-11-21-17-6-4-3-5-16(12)17/h3-9,12H,10-11H2,1-2H3. The van der Waals surface area contributed by atoms with E-state index in [1.54, 1.807) is 14.2 Å². The molecule has 21 heavy (non-hydrogen) atoms. The molecule has 0 fully saturated rings. The quantitative estimate of drug-likeness (QED) is 0.835. The first-order valence-corrected chi connectivity index (χ1v) is 7.86. The van der Waals surface area contributed by atoms with Crippen LogP contribution in [0, 0.1) is 0 Å². The molecule has 1 aliphatic heterocycles. The van der Waals surface area contributed by atoms with E-state index >= 15 is 0 Å². The lowest BCUT2D eigenvalue weighted by Crippen LogP contribution is -2.09. The van der Waals surface area contributed by atoms with E-state index in [9.17, 15) is 0 Å². The van der Waals surface area contributed by atoms with Crippen LogP contribution in [0.25, 0.3) is 0 Å². The van der Waals surface area contributed by atoms with Crippen LogP contribution in [0.3, 0.4) is 0 Å². The van der Waals surface area contributed by atoms with Gasteiger partial charge in [0.1, 0.15) is 17.2 Å². The fourth-order valence-corrected chi connectivity index (χ4v) is 3.66. The van der Waals surface area contributed by atoms with E-state index < -0.39 is 0 Å². The summed E-state index contributed by atoms with van der Waals surface area (Å²) in [7, 11) is 3.28. The summed E-state index contributed by atoms with van der Waals surface area (Å²) < 4.78 is 16.5. The first-order valence-electron chi connectivity index (χ1n) is 6.87. The second-order valence-electron chi connectivity index (χ2n) is 4.91. The Kier molecular flexibility index (Phi) is 4.25. The number of methoxy groups -OCH3 is 2. The van der Waals surface area contributed by atoms with Gasteiger partial charge in [-0.25, -0.2) is 0 Å². The van der Waals surface area contributed by atoms with E-state index in [0.717, 1.165) is 23.0 Å². The molecule has 0 aromatic heterocycles. The fourth-order valence-electron chi connectivity index (χ4n) is 2.43. The molecule has 0 radical (unpaired) electrons. The van der Waals surface area contributed by atoms with Crippen LogP contribution in [0.5, 0.6) is 17.2 Å². The highest BCUT2D eigenvalue weighted by atomic mass is 32.2. The number of rotatable bonds is 5. The highest BCUT2D eigenvalue weighted by Gasteiger charge is 2.23. The first kappa shape index (κ1) is 14.1. The third-order valence-corrected chi connectivity index (χ3v) is 4.83. The minimum absolute atomic E-state index is 0.434. The lowest BCUT2D eigenvalue weighted by molar-refractivity contribution is 0.293. The Hall–Kier alpha value is -1.81. The van der Waals surface area contributed by atoms with Gasteiger partial charge in [-0.3, -0.25) is 0 Å². The lowest BCUT2D eigenvalue weighted by atomic mass is 10.0. The zero-order valence-corrected chi connectivity index (χ0v) is 13.0. The third-order valence-electron chi connectivity index (χ3n) is 3.58. The van der Waals surface area contributed by atoms with Gasteiger partial charge in [0.15, 0.2) is 0 Å². The van der Waals surface area contributed by atoms with Crippen LogP contribution in [0.15, 0.2) is 47.4 Å². The van der Waals surface area contributed by atoms with Crippen LogP contribution >= 0.6 is 11.8 Å². The van der Waals surface area contributed by atoms with E-state index in [1.165, 1.54) is 10.5 Å². The van der Waals surface area contributed by atoms with Gasteiger partial charge in [-0.1, -0.05) is 18.2 Å². The second-order valence-corrected chi connectivity index (χ2v) is 5.97. The van der Waals surface area contributed by atoms with E-state index in [2.05, 4.69) is 24.3 Å². The summed E-state index contributed by atoms with van der Waals surface area (Å²) >= 11 is 1.90. The molecule has 1 atom stereocenters. The predicted octanol–water partition coefficient (Wildman–Crippen LogP) is 3.97. The van der Waals surface area contributed by atoms with Crippen LogP contribution in [0.4, 0.5) is 0 Å². The molecule has 0 spiro atoms. The maximum Gasteiger partial charge on any atom is 0.126 e. The summed E-state index contributed by atoms with van der Waals surface area (Å²) in [5.41, 5.74) is 1.39. The molecule has 1 aliphatic rings. The van der Waals surface area contributed by atoms with Crippen LogP contribution in [-0.4, -0.2) is 26.6 Å². The maximum absolute atomic E-state index is 5.96. The van der Waals surface area contributed by atoms with Crippen molar-refractivity contribution in [1.29, 1.82) is 0 Å². The van der Waals surface area contributed by atoms with Gasteiger partial charge in [0, 0.05) is 34.8 Å². The molecule has 0 bridgehead atoms. The molecule has 2 aromatic carbocycles. The normalized spacial score (nSPS) is 16.4. The van der Waals surface area contributed by atoms with Crippen molar-refractivity contribution in [2.75, 3.05) is 26.6 Å². The number of hydrogen-bond donors (Lipinski definition) is 0. The SMILES string of the molecule is COc1cc(OC)cc(OCC2CSc3ccccc32)c1. The molecule has 0 aliphatic carbocycles. The Morgan fingerprint density at radius 1 is 1.00 bits per heavy atom. The van der Waals surface area contributed by atoms with Gasteiger partial charge >= 0.3 is 0 Å². The highest BCUT2D eigenvalue weighted by Crippen LogP contribution is 2.39. The topological polar surface area (TPSA) is 27.7 Å². The summed E-state index contributed by atoms with van der Waals surface area (Å²) in [4.78, 5) is 1.37. The van der Waals surface area contributed by atoms with Crippen molar-refractivity contribution in [3.8, 4) is 17.2 Å². The van der Waals surface area contributed by atoms with E-state index in [0.29, 0.717) is 12.5 Å². The molecule has 2 aromatic rings. The first-order chi connectivity index (χ1) is 10.3. The summed E-state index contributed by atoms with van der Waals surface area (Å²) in [6.45, 7) is 0.667. The highest BCUT2D eigenvalue weighted by molar-refractivity contribution is 7.99. The molecule has 0 saturated heterocycles. The van der Waals surface area contributed by atoms with Crippen molar-refractivity contribution in [1.82, 2.24) is 0 Å². The molecular weight excluding hydrogens is 284 g/mol.